The highest BCUT2D eigenvalue weighted by atomic mass is 32.2. The molecule has 6 rings (SSSR count). The van der Waals surface area contributed by atoms with E-state index in [2.05, 4.69) is 0 Å². The molecule has 44 heavy (non-hydrogen) atoms. The molecule has 6 heteroatoms. The predicted molar refractivity (Wildman–Crippen MR) is 182 cm³/mol. The Morgan fingerprint density at radius 2 is 0.591 bits per heavy atom. The molecule has 0 radical (unpaired) electrons. The van der Waals surface area contributed by atoms with E-state index in [1.165, 1.54) is 23.5 Å². The van der Waals surface area contributed by atoms with Gasteiger partial charge >= 0.3 is 8.25 Å². The molecular weight excluding hydrogens is 600 g/mol. The van der Waals surface area contributed by atoms with Crippen molar-refractivity contribution in [2.45, 2.75) is 19.7 Å². The van der Waals surface area contributed by atoms with Crippen LogP contribution in [-0.4, -0.2) is 0 Å². The predicted octanol–water partition coefficient (Wildman–Crippen LogP) is 11.1. The molecule has 3 nitrogen and oxygen atoms in total. The maximum absolute atomic E-state index is 14.6. The molecule has 6 aromatic carbocycles. The van der Waals surface area contributed by atoms with Crippen molar-refractivity contribution in [2.75, 3.05) is 0 Å². The largest absolute Gasteiger partial charge is 0.701 e. The molecule has 6 aromatic rings. The number of thioether (sulfide) groups is 2. The summed E-state index contributed by atoms with van der Waals surface area (Å²) in [5, 5.41) is 0. The lowest BCUT2D eigenvalue weighted by Gasteiger charge is -2.31. The van der Waals surface area contributed by atoms with E-state index in [4.69, 9.17) is 9.05 Å². The number of rotatable bonds is 12. The number of benzene rings is 6. The van der Waals surface area contributed by atoms with E-state index >= 15 is 0 Å². The molecule has 0 amide bonds. The number of hydrogen-bond acceptors (Lipinski definition) is 5. The SMILES string of the molecule is O=[P+](OC(Sc1ccccc1)(c1ccccc1)c1ccccc1)OC(Sc1ccccc1)(c1ccccc1)c1ccccc1. The van der Waals surface area contributed by atoms with E-state index in [0.29, 0.717) is 0 Å². The van der Waals surface area contributed by atoms with E-state index in [1.54, 1.807) is 0 Å². The zero-order valence-corrected chi connectivity index (χ0v) is 26.3. The van der Waals surface area contributed by atoms with E-state index in [9.17, 15) is 4.57 Å². The van der Waals surface area contributed by atoms with Crippen LogP contribution in [0.4, 0.5) is 0 Å². The maximum atomic E-state index is 14.6. The molecule has 0 fully saturated rings. The van der Waals surface area contributed by atoms with E-state index in [-0.39, 0.29) is 0 Å². The lowest BCUT2D eigenvalue weighted by atomic mass is 10.0. The zero-order valence-electron chi connectivity index (χ0n) is 23.8. The summed E-state index contributed by atoms with van der Waals surface area (Å²) in [4.78, 5) is -0.402. The first-order chi connectivity index (χ1) is 21.7. The van der Waals surface area contributed by atoms with Crippen molar-refractivity contribution in [3.8, 4) is 0 Å². The van der Waals surface area contributed by atoms with Crippen LogP contribution in [-0.2, 0) is 23.5 Å². The Balaban J connectivity index is 1.49. The van der Waals surface area contributed by atoms with Gasteiger partial charge in [0.05, 0.1) is 0 Å². The summed E-state index contributed by atoms with van der Waals surface area (Å²) in [7, 11) is -2.73. The Morgan fingerprint density at radius 3 is 0.841 bits per heavy atom. The first-order valence-corrected chi connectivity index (χ1v) is 17.0. The van der Waals surface area contributed by atoms with Crippen molar-refractivity contribution in [1.29, 1.82) is 0 Å². The second-order valence-corrected chi connectivity index (χ2v) is 13.2. The van der Waals surface area contributed by atoms with Crippen LogP contribution in [0.2, 0.25) is 0 Å². The third kappa shape index (κ3) is 6.73. The highest BCUT2D eigenvalue weighted by Crippen LogP contribution is 2.58. The summed E-state index contributed by atoms with van der Waals surface area (Å²) >= 11 is 3.00. The highest BCUT2D eigenvalue weighted by Gasteiger charge is 2.52. The smallest absolute Gasteiger partial charge is 0.0910 e. The van der Waals surface area contributed by atoms with Crippen molar-refractivity contribution in [3.05, 3.63) is 204 Å². The normalized spacial score (nSPS) is 11.6. The average molecular weight is 630 g/mol. The molecule has 0 bridgehead atoms. The first-order valence-electron chi connectivity index (χ1n) is 14.2. The van der Waals surface area contributed by atoms with Gasteiger partial charge in [0.2, 0.25) is 9.87 Å². The molecule has 0 heterocycles. The quantitative estimate of drug-likeness (QED) is 0.0765. The molecule has 0 spiro atoms. The summed E-state index contributed by atoms with van der Waals surface area (Å²) in [5.41, 5.74) is 3.42. The highest BCUT2D eigenvalue weighted by molar-refractivity contribution is 8.00. The van der Waals surface area contributed by atoms with Crippen molar-refractivity contribution < 1.29 is 13.6 Å². The van der Waals surface area contributed by atoms with Crippen molar-refractivity contribution >= 4 is 31.8 Å². The number of hydrogen-bond donors (Lipinski definition) is 0. The molecule has 0 saturated heterocycles. The van der Waals surface area contributed by atoms with Crippen molar-refractivity contribution in [1.82, 2.24) is 0 Å². The van der Waals surface area contributed by atoms with Crippen LogP contribution in [0.1, 0.15) is 22.3 Å². The minimum atomic E-state index is -2.73. The summed E-state index contributed by atoms with van der Waals surface area (Å²) in [6.45, 7) is 0. The second-order valence-electron chi connectivity index (χ2n) is 9.93. The molecule has 0 N–H and O–H groups in total. The fourth-order valence-electron chi connectivity index (χ4n) is 4.98. The molecule has 0 saturated carbocycles. The molecule has 0 aliphatic carbocycles. The van der Waals surface area contributed by atoms with Gasteiger partial charge in [-0.1, -0.05) is 190 Å². The van der Waals surface area contributed by atoms with Gasteiger partial charge in [0.1, 0.15) is 0 Å². The van der Waals surface area contributed by atoms with Crippen molar-refractivity contribution in [2.24, 2.45) is 0 Å². The summed E-state index contributed by atoms with van der Waals surface area (Å²) in [5.74, 6) is 0. The van der Waals surface area contributed by atoms with Gasteiger partial charge < -0.3 is 0 Å². The first kappa shape index (κ1) is 30.1. The van der Waals surface area contributed by atoms with Gasteiger partial charge in [0.25, 0.3) is 0 Å². The van der Waals surface area contributed by atoms with Gasteiger partial charge in [-0.05, 0) is 24.3 Å². The third-order valence-corrected chi connectivity index (χ3v) is 10.8. The summed E-state index contributed by atoms with van der Waals surface area (Å²) in [6.07, 6.45) is 0. The van der Waals surface area contributed by atoms with Crippen LogP contribution in [0, 0.1) is 0 Å². The van der Waals surface area contributed by atoms with E-state index in [0.717, 1.165) is 32.0 Å². The standard InChI is InChI=1S/C38H30O3PS2/c39-42(40-37(31-19-7-1-8-20-31,32-21-9-2-10-22-32)43-35-27-15-5-16-28-35)41-38(33-23-11-3-12-24-33,34-25-13-4-14-26-34)44-36-29-17-6-18-30-36/h1-30H/q+1. The molecule has 216 valence electrons. The minimum absolute atomic E-state index is 0.854. The van der Waals surface area contributed by atoms with Crippen LogP contribution in [0.5, 0.6) is 0 Å². The topological polar surface area (TPSA) is 35.5 Å². The molecule has 0 aliphatic heterocycles. The Kier molecular flexibility index (Phi) is 9.72. The Morgan fingerprint density at radius 1 is 0.364 bits per heavy atom. The van der Waals surface area contributed by atoms with Crippen LogP contribution < -0.4 is 0 Å². The lowest BCUT2D eigenvalue weighted by molar-refractivity contribution is 0.130. The van der Waals surface area contributed by atoms with Crippen LogP contribution in [0.3, 0.4) is 0 Å². The van der Waals surface area contributed by atoms with Crippen LogP contribution in [0.25, 0.3) is 0 Å². The van der Waals surface area contributed by atoms with Gasteiger partial charge in [-0.3, -0.25) is 0 Å². The molecule has 0 unspecified atom stereocenters. The monoisotopic (exact) mass is 629 g/mol. The van der Waals surface area contributed by atoms with Gasteiger partial charge in [0.15, 0.2) is 0 Å². The lowest BCUT2D eigenvalue weighted by Crippen LogP contribution is -2.29. The summed E-state index contributed by atoms with van der Waals surface area (Å²) < 4.78 is 28.2. The molecule has 0 atom stereocenters. The van der Waals surface area contributed by atoms with Gasteiger partial charge in [-0.25, -0.2) is 0 Å². The summed E-state index contributed by atoms with van der Waals surface area (Å²) in [6, 6.07) is 59.8. The Labute approximate surface area is 268 Å². The zero-order chi connectivity index (χ0) is 30.1. The minimum Gasteiger partial charge on any atom is -0.0910 e. The maximum Gasteiger partial charge on any atom is 0.701 e. The molecule has 0 aromatic heterocycles. The van der Waals surface area contributed by atoms with E-state index in [1.807, 2.05) is 182 Å². The Hall–Kier alpha value is -3.96. The fraction of sp³-hybridized carbons (Fsp3) is 0.0526. The van der Waals surface area contributed by atoms with Crippen LogP contribution in [0.15, 0.2) is 192 Å². The molecule has 0 aliphatic rings. The van der Waals surface area contributed by atoms with Crippen molar-refractivity contribution in [3.63, 3.8) is 0 Å². The van der Waals surface area contributed by atoms with E-state index < -0.39 is 18.1 Å². The third-order valence-electron chi connectivity index (χ3n) is 7.03. The fourth-order valence-corrected chi connectivity index (χ4v) is 8.79. The molecular formula is C38H30O3PS2+. The van der Waals surface area contributed by atoms with Gasteiger partial charge in [-0.2, -0.15) is 0 Å². The second kappa shape index (κ2) is 14.2. The van der Waals surface area contributed by atoms with Gasteiger partial charge in [0, 0.05) is 36.6 Å². The average Bonchev–Trinajstić information content (AvgIpc) is 3.10. The Bertz CT molecular complexity index is 1550. The van der Waals surface area contributed by atoms with Gasteiger partial charge in [-0.15, -0.1) is 0 Å². The van der Waals surface area contributed by atoms with Crippen LogP contribution >= 0.6 is 31.8 Å².